The van der Waals surface area contributed by atoms with Gasteiger partial charge in [0.05, 0.1) is 12.0 Å². The van der Waals surface area contributed by atoms with Gasteiger partial charge in [-0.1, -0.05) is 12.8 Å². The summed E-state index contributed by atoms with van der Waals surface area (Å²) in [7, 11) is 3.70. The summed E-state index contributed by atoms with van der Waals surface area (Å²) in [6, 6.07) is 4.25. The molecule has 1 aromatic heterocycles. The van der Waals surface area contributed by atoms with Gasteiger partial charge in [0, 0.05) is 36.9 Å². The summed E-state index contributed by atoms with van der Waals surface area (Å²) >= 11 is 1.78. The lowest BCUT2D eigenvalue weighted by Gasteiger charge is -2.31. The Morgan fingerprint density at radius 1 is 1.29 bits per heavy atom. The van der Waals surface area contributed by atoms with Crippen molar-refractivity contribution in [3.63, 3.8) is 0 Å². The summed E-state index contributed by atoms with van der Waals surface area (Å²) < 4.78 is 0. The van der Waals surface area contributed by atoms with Crippen molar-refractivity contribution in [1.29, 1.82) is 0 Å². The second-order valence-electron chi connectivity index (χ2n) is 6.75. The highest BCUT2D eigenvalue weighted by Crippen LogP contribution is 2.38. The molecule has 1 aromatic rings. The second kappa shape index (κ2) is 8.51. The molecule has 1 amide bonds. The van der Waals surface area contributed by atoms with Crippen LogP contribution < -0.4 is 10.6 Å². The Hall–Kier alpha value is -1.56. The van der Waals surface area contributed by atoms with E-state index in [-0.39, 0.29) is 11.3 Å². The predicted molar refractivity (Wildman–Crippen MR) is 101 cm³/mol. The molecule has 0 atom stereocenters. The lowest BCUT2D eigenvalue weighted by atomic mass is 9.84. The van der Waals surface area contributed by atoms with Gasteiger partial charge in [-0.15, -0.1) is 11.3 Å². The van der Waals surface area contributed by atoms with Gasteiger partial charge in [0.15, 0.2) is 5.96 Å². The largest absolute Gasteiger partial charge is 0.357 e. The molecule has 134 valence electrons. The third-order valence-corrected chi connectivity index (χ3v) is 5.53. The third-order valence-electron chi connectivity index (χ3n) is 4.55. The van der Waals surface area contributed by atoms with Crippen LogP contribution in [-0.2, 0) is 11.3 Å². The van der Waals surface area contributed by atoms with Crippen molar-refractivity contribution in [3.05, 3.63) is 21.9 Å². The molecule has 6 heteroatoms. The summed E-state index contributed by atoms with van der Waals surface area (Å²) in [4.78, 5) is 21.6. The number of rotatable bonds is 6. The van der Waals surface area contributed by atoms with Crippen molar-refractivity contribution in [2.75, 3.05) is 27.2 Å². The van der Waals surface area contributed by atoms with Crippen LogP contribution in [0, 0.1) is 12.3 Å². The van der Waals surface area contributed by atoms with Crippen molar-refractivity contribution in [3.8, 4) is 0 Å². The lowest BCUT2D eigenvalue weighted by molar-refractivity contribution is -0.138. The van der Waals surface area contributed by atoms with Crippen molar-refractivity contribution in [1.82, 2.24) is 15.5 Å². The van der Waals surface area contributed by atoms with Gasteiger partial charge >= 0.3 is 0 Å². The fraction of sp³-hybridized carbons (Fsp3) is 0.667. The van der Waals surface area contributed by atoms with E-state index in [1.54, 1.807) is 16.2 Å². The maximum atomic E-state index is 12.6. The number of nitrogens with zero attached hydrogens (tertiary/aromatic N) is 2. The zero-order valence-electron chi connectivity index (χ0n) is 15.3. The summed E-state index contributed by atoms with van der Waals surface area (Å²) in [5, 5.41) is 6.70. The number of carbonyl (C=O) groups is 1. The maximum Gasteiger partial charge on any atom is 0.230 e. The fourth-order valence-electron chi connectivity index (χ4n) is 3.31. The smallest absolute Gasteiger partial charge is 0.230 e. The predicted octanol–water partition coefficient (Wildman–Crippen LogP) is 2.76. The Balaban J connectivity index is 2.02. The molecule has 24 heavy (non-hydrogen) atoms. The van der Waals surface area contributed by atoms with Crippen molar-refractivity contribution in [2.24, 2.45) is 10.4 Å². The van der Waals surface area contributed by atoms with Crippen LogP contribution in [0.2, 0.25) is 0 Å². The van der Waals surface area contributed by atoms with Crippen LogP contribution in [-0.4, -0.2) is 44.0 Å². The molecule has 0 aliphatic heterocycles. The molecule has 1 heterocycles. The van der Waals surface area contributed by atoms with Crippen LogP contribution in [0.1, 0.15) is 42.4 Å². The van der Waals surface area contributed by atoms with Crippen LogP contribution in [0.3, 0.4) is 0 Å². The topological polar surface area (TPSA) is 56.7 Å². The molecule has 2 N–H and O–H groups in total. The van der Waals surface area contributed by atoms with E-state index >= 15 is 0 Å². The molecule has 2 rings (SSSR count). The first kappa shape index (κ1) is 18.8. The molecule has 0 unspecified atom stereocenters. The van der Waals surface area contributed by atoms with Gasteiger partial charge in [0.1, 0.15) is 0 Å². The zero-order valence-corrected chi connectivity index (χ0v) is 16.1. The number of aliphatic imine (C=N–C) groups is 1. The van der Waals surface area contributed by atoms with Gasteiger partial charge in [-0.2, -0.15) is 0 Å². The Bertz CT molecular complexity index is 573. The summed E-state index contributed by atoms with van der Waals surface area (Å²) in [6.45, 7) is 6.30. The van der Waals surface area contributed by atoms with Crippen molar-refractivity contribution < 1.29 is 4.79 Å². The number of guanidine groups is 1. The Kier molecular flexibility index (Phi) is 6.66. The van der Waals surface area contributed by atoms with Crippen LogP contribution in [0.15, 0.2) is 17.1 Å². The van der Waals surface area contributed by atoms with Crippen LogP contribution >= 0.6 is 11.3 Å². The molecule has 1 fully saturated rings. The molecular weight excluding hydrogens is 320 g/mol. The highest BCUT2D eigenvalue weighted by Gasteiger charge is 2.42. The van der Waals surface area contributed by atoms with Crippen molar-refractivity contribution >= 4 is 23.2 Å². The van der Waals surface area contributed by atoms with E-state index in [9.17, 15) is 4.79 Å². The highest BCUT2D eigenvalue weighted by atomic mass is 32.1. The summed E-state index contributed by atoms with van der Waals surface area (Å²) in [5.41, 5.74) is -0.279. The molecule has 0 bridgehead atoms. The Labute approximate surface area is 149 Å². The Morgan fingerprint density at radius 3 is 2.54 bits per heavy atom. The molecule has 0 aromatic carbocycles. The number of nitrogens with one attached hydrogen (secondary N) is 2. The fourth-order valence-corrected chi connectivity index (χ4v) is 4.13. The van der Waals surface area contributed by atoms with Gasteiger partial charge in [0.2, 0.25) is 5.91 Å². The molecular formula is C18H30N4OS. The first-order valence-electron chi connectivity index (χ1n) is 8.76. The number of aryl methyl sites for hydroxylation is 1. The normalized spacial score (nSPS) is 16.9. The molecule has 5 nitrogen and oxygen atoms in total. The Morgan fingerprint density at radius 2 is 2.00 bits per heavy atom. The third kappa shape index (κ3) is 4.72. The van der Waals surface area contributed by atoms with E-state index in [1.165, 1.54) is 9.75 Å². The van der Waals surface area contributed by atoms with Gasteiger partial charge in [-0.25, -0.2) is 4.99 Å². The second-order valence-corrected chi connectivity index (χ2v) is 8.12. The molecule has 0 radical (unpaired) electrons. The first-order valence-corrected chi connectivity index (χ1v) is 9.58. The van der Waals surface area contributed by atoms with E-state index in [4.69, 9.17) is 0 Å². The van der Waals surface area contributed by atoms with Gasteiger partial charge < -0.3 is 15.5 Å². The van der Waals surface area contributed by atoms with Gasteiger partial charge in [-0.3, -0.25) is 4.79 Å². The molecule has 0 spiro atoms. The first-order chi connectivity index (χ1) is 11.5. The number of amides is 1. The van der Waals surface area contributed by atoms with Crippen molar-refractivity contribution in [2.45, 2.75) is 46.1 Å². The number of carbonyl (C=O) groups excluding carboxylic acids is 1. The van der Waals surface area contributed by atoms with Gasteiger partial charge in [-0.05, 0) is 38.8 Å². The summed E-state index contributed by atoms with van der Waals surface area (Å²) in [6.07, 6.45) is 4.17. The van der Waals surface area contributed by atoms with E-state index in [0.717, 1.165) is 38.2 Å². The van der Waals surface area contributed by atoms with Crippen LogP contribution in [0.4, 0.5) is 0 Å². The zero-order chi connectivity index (χ0) is 17.6. The average Bonchev–Trinajstić information content (AvgIpc) is 3.19. The highest BCUT2D eigenvalue weighted by molar-refractivity contribution is 7.11. The van der Waals surface area contributed by atoms with Gasteiger partial charge in [0.25, 0.3) is 0 Å². The summed E-state index contributed by atoms with van der Waals surface area (Å²) in [5.74, 6) is 1.03. The van der Waals surface area contributed by atoms with E-state index in [2.05, 4.69) is 41.6 Å². The minimum atomic E-state index is -0.279. The number of hydrogen-bond acceptors (Lipinski definition) is 3. The average molecular weight is 351 g/mol. The maximum absolute atomic E-state index is 12.6. The molecule has 1 aliphatic rings. The molecule has 1 aliphatic carbocycles. The van der Waals surface area contributed by atoms with E-state index < -0.39 is 0 Å². The lowest BCUT2D eigenvalue weighted by Crippen LogP contribution is -2.49. The van der Waals surface area contributed by atoms with E-state index in [0.29, 0.717) is 13.1 Å². The SMILES string of the molecule is CCNC(=NCc1ccc(C)s1)NCC1(C(=O)N(C)C)CCCC1. The van der Waals surface area contributed by atoms with Crippen LogP contribution in [0.25, 0.3) is 0 Å². The van der Waals surface area contributed by atoms with E-state index in [1.807, 2.05) is 14.1 Å². The minimum Gasteiger partial charge on any atom is -0.357 e. The standard InChI is InChI=1S/C18H30N4OS/c1-5-19-17(20-12-15-9-8-14(2)24-15)21-13-18(10-6-7-11-18)16(23)22(3)4/h8-9H,5-7,10-13H2,1-4H3,(H2,19,20,21). The number of hydrogen-bond donors (Lipinski definition) is 2. The monoisotopic (exact) mass is 350 g/mol. The molecule has 1 saturated carbocycles. The number of thiophene rings is 1. The quantitative estimate of drug-likeness (QED) is 0.613. The minimum absolute atomic E-state index is 0.234. The molecule has 0 saturated heterocycles. The van der Waals surface area contributed by atoms with Crippen LogP contribution in [0.5, 0.6) is 0 Å².